The van der Waals surface area contributed by atoms with E-state index in [0.717, 1.165) is 11.1 Å². The molecule has 0 saturated heterocycles. The van der Waals surface area contributed by atoms with E-state index in [9.17, 15) is 19.5 Å². The number of alkyl carbamates (subject to hydrolysis) is 1. The molecule has 0 saturated carbocycles. The Balaban J connectivity index is 2.04. The standard InChI is InChI=1S/C19H26N2O5/c1-12(10-20-18(25)26-19(2,3)4)16(22)21-11-14-8-6-5-7-13(14)9-15(21)17(23)24/h5-8,12,15H,9-11H2,1-4H3,(H,20,25)(H,23,24)/t12?,15-/m0/s1. The van der Waals surface area contributed by atoms with Crippen molar-refractivity contribution in [1.82, 2.24) is 10.2 Å². The Morgan fingerprint density at radius 2 is 1.88 bits per heavy atom. The van der Waals surface area contributed by atoms with Crippen LogP contribution in [0.1, 0.15) is 38.8 Å². The number of benzene rings is 1. The normalized spacial score (nSPS) is 17.8. The molecule has 7 heteroatoms. The van der Waals surface area contributed by atoms with E-state index in [1.165, 1.54) is 4.90 Å². The lowest BCUT2D eigenvalue weighted by Crippen LogP contribution is -2.51. The molecule has 2 amide bonds. The number of fused-ring (bicyclic) bond motifs is 1. The van der Waals surface area contributed by atoms with Gasteiger partial charge in [0.15, 0.2) is 0 Å². The lowest BCUT2D eigenvalue weighted by atomic mass is 9.93. The van der Waals surface area contributed by atoms with Gasteiger partial charge in [-0.1, -0.05) is 31.2 Å². The van der Waals surface area contributed by atoms with Gasteiger partial charge in [0.25, 0.3) is 0 Å². The number of nitrogens with zero attached hydrogens (tertiary/aromatic N) is 1. The second kappa shape index (κ2) is 7.76. The topological polar surface area (TPSA) is 95.9 Å². The molecular weight excluding hydrogens is 336 g/mol. The van der Waals surface area contributed by atoms with Crippen molar-refractivity contribution >= 4 is 18.0 Å². The number of carboxylic acids is 1. The zero-order valence-electron chi connectivity index (χ0n) is 15.6. The fourth-order valence-corrected chi connectivity index (χ4v) is 2.90. The summed E-state index contributed by atoms with van der Waals surface area (Å²) in [5, 5.41) is 12.1. The monoisotopic (exact) mass is 362 g/mol. The molecular formula is C19H26N2O5. The van der Waals surface area contributed by atoms with Crippen molar-refractivity contribution in [3.05, 3.63) is 35.4 Å². The van der Waals surface area contributed by atoms with Gasteiger partial charge in [-0.25, -0.2) is 9.59 Å². The number of ether oxygens (including phenoxy) is 1. The maximum absolute atomic E-state index is 12.8. The fraction of sp³-hybridized carbons (Fsp3) is 0.526. The first kappa shape index (κ1) is 19.8. The quantitative estimate of drug-likeness (QED) is 0.856. The van der Waals surface area contributed by atoms with Crippen molar-refractivity contribution in [2.75, 3.05) is 6.54 Å². The van der Waals surface area contributed by atoms with E-state index in [0.29, 0.717) is 0 Å². The molecule has 142 valence electrons. The van der Waals surface area contributed by atoms with Crippen molar-refractivity contribution < 1.29 is 24.2 Å². The number of rotatable bonds is 4. The highest BCUT2D eigenvalue weighted by Crippen LogP contribution is 2.25. The van der Waals surface area contributed by atoms with Crippen LogP contribution in [0.3, 0.4) is 0 Å². The Bertz CT molecular complexity index is 695. The van der Waals surface area contributed by atoms with Gasteiger partial charge in [-0.2, -0.15) is 0 Å². The fourth-order valence-electron chi connectivity index (χ4n) is 2.90. The third-order valence-electron chi connectivity index (χ3n) is 4.19. The maximum atomic E-state index is 12.8. The van der Waals surface area contributed by atoms with Gasteiger partial charge >= 0.3 is 12.1 Å². The number of hydrogen-bond donors (Lipinski definition) is 2. The van der Waals surface area contributed by atoms with Crippen molar-refractivity contribution in [2.24, 2.45) is 5.92 Å². The highest BCUT2D eigenvalue weighted by atomic mass is 16.6. The average Bonchev–Trinajstić information content (AvgIpc) is 2.56. The Labute approximate surface area is 153 Å². The van der Waals surface area contributed by atoms with E-state index < -0.39 is 29.6 Å². The first-order chi connectivity index (χ1) is 12.1. The molecule has 1 aromatic rings. The molecule has 1 unspecified atom stereocenters. The summed E-state index contributed by atoms with van der Waals surface area (Å²) >= 11 is 0. The number of carboxylic acid groups (broad SMARTS) is 1. The van der Waals surface area contributed by atoms with Crippen molar-refractivity contribution in [1.29, 1.82) is 0 Å². The molecule has 26 heavy (non-hydrogen) atoms. The van der Waals surface area contributed by atoms with Gasteiger partial charge in [0, 0.05) is 19.5 Å². The highest BCUT2D eigenvalue weighted by Gasteiger charge is 2.36. The third-order valence-corrected chi connectivity index (χ3v) is 4.19. The van der Waals surface area contributed by atoms with Crippen LogP contribution in [-0.4, -0.2) is 46.2 Å². The van der Waals surface area contributed by atoms with Gasteiger partial charge in [-0.15, -0.1) is 0 Å². The zero-order valence-corrected chi connectivity index (χ0v) is 15.6. The van der Waals surface area contributed by atoms with E-state index in [1.54, 1.807) is 27.7 Å². The predicted octanol–water partition coefficient (Wildman–Crippen LogP) is 2.19. The average molecular weight is 362 g/mol. The summed E-state index contributed by atoms with van der Waals surface area (Å²) in [6.45, 7) is 7.26. The summed E-state index contributed by atoms with van der Waals surface area (Å²) in [4.78, 5) is 37.6. The van der Waals surface area contributed by atoms with Gasteiger partial charge in [0.05, 0.1) is 5.92 Å². The second-order valence-electron chi connectivity index (χ2n) is 7.58. The van der Waals surface area contributed by atoms with Crippen LogP contribution in [0, 0.1) is 5.92 Å². The highest BCUT2D eigenvalue weighted by molar-refractivity contribution is 5.86. The summed E-state index contributed by atoms with van der Waals surface area (Å²) in [5.41, 5.74) is 1.27. The number of nitrogens with one attached hydrogen (secondary N) is 1. The first-order valence-corrected chi connectivity index (χ1v) is 8.65. The summed E-state index contributed by atoms with van der Waals surface area (Å²) < 4.78 is 5.15. The lowest BCUT2D eigenvalue weighted by Gasteiger charge is -2.36. The minimum atomic E-state index is -1.03. The van der Waals surface area contributed by atoms with Crippen LogP contribution in [0.2, 0.25) is 0 Å². The SMILES string of the molecule is CC(CNC(=O)OC(C)(C)C)C(=O)N1Cc2ccccc2C[C@H]1C(=O)O. The zero-order chi connectivity index (χ0) is 19.5. The van der Waals surface area contributed by atoms with Gasteiger partial charge in [-0.3, -0.25) is 4.79 Å². The van der Waals surface area contributed by atoms with E-state index in [4.69, 9.17) is 4.74 Å². The number of amides is 2. The molecule has 7 nitrogen and oxygen atoms in total. The molecule has 1 aliphatic rings. The molecule has 1 aliphatic heterocycles. The third kappa shape index (κ3) is 4.97. The molecule has 0 fully saturated rings. The van der Waals surface area contributed by atoms with Crippen LogP contribution < -0.4 is 5.32 Å². The number of carbonyl (C=O) groups is 3. The summed E-state index contributed by atoms with van der Waals surface area (Å²) in [5.74, 6) is -1.89. The van der Waals surface area contributed by atoms with E-state index >= 15 is 0 Å². The smallest absolute Gasteiger partial charge is 0.407 e. The molecule has 2 rings (SSSR count). The Hall–Kier alpha value is -2.57. The van der Waals surface area contributed by atoms with Crippen molar-refractivity contribution in [3.63, 3.8) is 0 Å². The van der Waals surface area contributed by atoms with E-state index in [-0.39, 0.29) is 25.4 Å². The minimum absolute atomic E-state index is 0.0816. The summed E-state index contributed by atoms with van der Waals surface area (Å²) in [6, 6.07) is 6.62. The first-order valence-electron chi connectivity index (χ1n) is 8.65. The van der Waals surface area contributed by atoms with Crippen LogP contribution in [0.5, 0.6) is 0 Å². The Morgan fingerprint density at radius 3 is 2.46 bits per heavy atom. The van der Waals surface area contributed by atoms with Crippen LogP contribution in [0.25, 0.3) is 0 Å². The lowest BCUT2D eigenvalue weighted by molar-refractivity contribution is -0.153. The predicted molar refractivity (Wildman–Crippen MR) is 95.5 cm³/mol. The molecule has 1 heterocycles. The van der Waals surface area contributed by atoms with E-state index in [1.807, 2.05) is 24.3 Å². The Morgan fingerprint density at radius 1 is 1.27 bits per heavy atom. The van der Waals surface area contributed by atoms with Gasteiger partial charge < -0.3 is 20.1 Å². The summed E-state index contributed by atoms with van der Waals surface area (Å²) in [6.07, 6.45) is -0.320. The van der Waals surface area contributed by atoms with Crippen LogP contribution in [0.15, 0.2) is 24.3 Å². The molecule has 1 aromatic carbocycles. The second-order valence-corrected chi connectivity index (χ2v) is 7.58. The number of carbonyl (C=O) groups excluding carboxylic acids is 2. The molecule has 2 atom stereocenters. The molecule has 0 radical (unpaired) electrons. The summed E-state index contributed by atoms with van der Waals surface area (Å²) in [7, 11) is 0. The van der Waals surface area contributed by atoms with Gasteiger partial charge in [-0.05, 0) is 31.9 Å². The van der Waals surface area contributed by atoms with Crippen molar-refractivity contribution in [2.45, 2.75) is 52.3 Å². The van der Waals surface area contributed by atoms with Crippen LogP contribution >= 0.6 is 0 Å². The minimum Gasteiger partial charge on any atom is -0.480 e. The number of hydrogen-bond acceptors (Lipinski definition) is 4. The largest absolute Gasteiger partial charge is 0.480 e. The molecule has 0 aliphatic carbocycles. The Kier molecular flexibility index (Phi) is 5.90. The van der Waals surface area contributed by atoms with Crippen molar-refractivity contribution in [3.8, 4) is 0 Å². The van der Waals surface area contributed by atoms with Crippen LogP contribution in [-0.2, 0) is 27.3 Å². The molecule has 0 bridgehead atoms. The number of aliphatic carboxylic acids is 1. The molecule has 2 N–H and O–H groups in total. The van der Waals surface area contributed by atoms with Crippen LogP contribution in [0.4, 0.5) is 4.79 Å². The molecule has 0 aromatic heterocycles. The van der Waals surface area contributed by atoms with E-state index in [2.05, 4.69) is 5.32 Å². The van der Waals surface area contributed by atoms with Gasteiger partial charge in [0.1, 0.15) is 11.6 Å². The van der Waals surface area contributed by atoms with Gasteiger partial charge in [0.2, 0.25) is 5.91 Å². The maximum Gasteiger partial charge on any atom is 0.407 e. The molecule has 0 spiro atoms.